The van der Waals surface area contributed by atoms with Crippen molar-refractivity contribution in [2.75, 3.05) is 6.61 Å². The zero-order chi connectivity index (χ0) is 9.84. The highest BCUT2D eigenvalue weighted by molar-refractivity contribution is 5.89. The highest BCUT2D eigenvalue weighted by Gasteiger charge is 2.36. The molecule has 4 nitrogen and oxygen atoms in total. The SMILES string of the molecule is CC[C@H](C)COC(=O)[C@H]1CC(=O)O1. The first-order valence-corrected chi connectivity index (χ1v) is 4.49. The normalized spacial score (nSPS) is 22.9. The Bertz CT molecular complexity index is 204. The van der Waals surface area contributed by atoms with Gasteiger partial charge in [-0.25, -0.2) is 4.79 Å². The van der Waals surface area contributed by atoms with Crippen molar-refractivity contribution >= 4 is 11.9 Å². The van der Waals surface area contributed by atoms with Crippen LogP contribution in [0.1, 0.15) is 26.7 Å². The van der Waals surface area contributed by atoms with Crippen LogP contribution in [0.3, 0.4) is 0 Å². The van der Waals surface area contributed by atoms with Gasteiger partial charge in [-0.3, -0.25) is 4.79 Å². The van der Waals surface area contributed by atoms with Crippen LogP contribution in [-0.4, -0.2) is 24.6 Å². The van der Waals surface area contributed by atoms with Crippen LogP contribution in [0, 0.1) is 5.92 Å². The third kappa shape index (κ3) is 2.72. The first-order valence-electron chi connectivity index (χ1n) is 4.49. The Morgan fingerprint density at radius 2 is 2.38 bits per heavy atom. The summed E-state index contributed by atoms with van der Waals surface area (Å²) in [5, 5.41) is 0. The predicted octanol–water partition coefficient (Wildman–Crippen LogP) is 0.891. The van der Waals surface area contributed by atoms with Gasteiger partial charge in [-0.05, 0) is 5.92 Å². The van der Waals surface area contributed by atoms with Gasteiger partial charge in [-0.1, -0.05) is 20.3 Å². The molecule has 0 amide bonds. The van der Waals surface area contributed by atoms with Crippen LogP contribution in [0.25, 0.3) is 0 Å². The number of ether oxygens (including phenoxy) is 2. The number of hydrogen-bond acceptors (Lipinski definition) is 4. The van der Waals surface area contributed by atoms with E-state index in [2.05, 4.69) is 4.74 Å². The second kappa shape index (κ2) is 4.25. The van der Waals surface area contributed by atoms with Gasteiger partial charge in [0.1, 0.15) is 0 Å². The van der Waals surface area contributed by atoms with Crippen molar-refractivity contribution < 1.29 is 19.1 Å². The van der Waals surface area contributed by atoms with Crippen molar-refractivity contribution in [2.45, 2.75) is 32.8 Å². The zero-order valence-corrected chi connectivity index (χ0v) is 7.91. The molecule has 1 saturated heterocycles. The van der Waals surface area contributed by atoms with Crippen LogP contribution in [0.15, 0.2) is 0 Å². The molecule has 0 aromatic heterocycles. The van der Waals surface area contributed by atoms with E-state index < -0.39 is 12.1 Å². The number of esters is 2. The minimum absolute atomic E-state index is 0.166. The van der Waals surface area contributed by atoms with E-state index in [0.717, 1.165) is 6.42 Å². The number of cyclic esters (lactones) is 1. The highest BCUT2D eigenvalue weighted by atomic mass is 16.6. The van der Waals surface area contributed by atoms with E-state index in [-0.39, 0.29) is 12.4 Å². The van der Waals surface area contributed by atoms with Crippen molar-refractivity contribution in [3.63, 3.8) is 0 Å². The van der Waals surface area contributed by atoms with Crippen molar-refractivity contribution in [2.24, 2.45) is 5.92 Å². The highest BCUT2D eigenvalue weighted by Crippen LogP contribution is 2.15. The van der Waals surface area contributed by atoms with Crippen LogP contribution in [0.4, 0.5) is 0 Å². The maximum absolute atomic E-state index is 11.1. The summed E-state index contributed by atoms with van der Waals surface area (Å²) in [6.07, 6.45) is 0.494. The number of carbonyl (C=O) groups is 2. The standard InChI is InChI=1S/C9H14O4/c1-3-6(2)5-12-9(11)7-4-8(10)13-7/h6-7H,3-5H2,1-2H3/t6-,7+/m0/s1. The lowest BCUT2D eigenvalue weighted by atomic mass is 10.1. The van der Waals surface area contributed by atoms with E-state index in [4.69, 9.17) is 4.74 Å². The van der Waals surface area contributed by atoms with Crippen LogP contribution in [0.2, 0.25) is 0 Å². The summed E-state index contributed by atoms with van der Waals surface area (Å²) in [5.41, 5.74) is 0. The molecule has 0 saturated carbocycles. The lowest BCUT2D eigenvalue weighted by Crippen LogP contribution is -2.40. The van der Waals surface area contributed by atoms with Gasteiger partial charge in [0, 0.05) is 0 Å². The molecule has 0 aromatic rings. The van der Waals surface area contributed by atoms with E-state index in [1.165, 1.54) is 0 Å². The first-order chi connectivity index (χ1) is 6.13. The summed E-state index contributed by atoms with van der Waals surface area (Å²) in [4.78, 5) is 21.5. The maximum atomic E-state index is 11.1. The Labute approximate surface area is 77.2 Å². The predicted molar refractivity (Wildman–Crippen MR) is 44.9 cm³/mol. The molecule has 1 aliphatic heterocycles. The van der Waals surface area contributed by atoms with Gasteiger partial charge in [0.05, 0.1) is 13.0 Å². The van der Waals surface area contributed by atoms with Crippen molar-refractivity contribution in [1.29, 1.82) is 0 Å². The molecule has 0 aromatic carbocycles. The van der Waals surface area contributed by atoms with Gasteiger partial charge in [-0.2, -0.15) is 0 Å². The molecule has 0 radical (unpaired) electrons. The van der Waals surface area contributed by atoms with Gasteiger partial charge >= 0.3 is 11.9 Å². The fraction of sp³-hybridized carbons (Fsp3) is 0.778. The molecule has 1 heterocycles. The van der Waals surface area contributed by atoms with Crippen molar-refractivity contribution in [1.82, 2.24) is 0 Å². The lowest BCUT2D eigenvalue weighted by molar-refractivity contribution is -0.186. The third-order valence-corrected chi connectivity index (χ3v) is 2.10. The van der Waals surface area contributed by atoms with E-state index in [1.54, 1.807) is 0 Å². The third-order valence-electron chi connectivity index (χ3n) is 2.10. The summed E-state index contributed by atoms with van der Waals surface area (Å²) in [5.74, 6) is -0.384. The molecule has 74 valence electrons. The Hall–Kier alpha value is -1.06. The lowest BCUT2D eigenvalue weighted by Gasteiger charge is -2.23. The van der Waals surface area contributed by atoms with Gasteiger partial charge in [0.15, 0.2) is 0 Å². The van der Waals surface area contributed by atoms with Gasteiger partial charge in [0.25, 0.3) is 0 Å². The molecule has 0 spiro atoms. The molecule has 13 heavy (non-hydrogen) atoms. The number of rotatable bonds is 4. The molecular formula is C9H14O4. The van der Waals surface area contributed by atoms with Crippen molar-refractivity contribution in [3.05, 3.63) is 0 Å². The van der Waals surface area contributed by atoms with Crippen LogP contribution in [0.5, 0.6) is 0 Å². The van der Waals surface area contributed by atoms with Gasteiger partial charge < -0.3 is 9.47 Å². The fourth-order valence-corrected chi connectivity index (χ4v) is 0.867. The molecule has 0 bridgehead atoms. The summed E-state index contributed by atoms with van der Waals surface area (Å²) < 4.78 is 9.48. The Morgan fingerprint density at radius 1 is 1.77 bits per heavy atom. The van der Waals surface area contributed by atoms with E-state index in [1.807, 2.05) is 13.8 Å². The Balaban J connectivity index is 2.15. The van der Waals surface area contributed by atoms with Gasteiger partial charge in [-0.15, -0.1) is 0 Å². The number of hydrogen-bond donors (Lipinski definition) is 0. The molecule has 1 fully saturated rings. The zero-order valence-electron chi connectivity index (χ0n) is 7.91. The van der Waals surface area contributed by atoms with E-state index in [0.29, 0.717) is 12.5 Å². The largest absolute Gasteiger partial charge is 0.463 e. The molecule has 0 unspecified atom stereocenters. The summed E-state index contributed by atoms with van der Waals surface area (Å²) in [7, 11) is 0. The smallest absolute Gasteiger partial charge is 0.348 e. The first kappa shape index (κ1) is 10.0. The summed E-state index contributed by atoms with van der Waals surface area (Å²) in [6, 6.07) is 0. The molecule has 0 N–H and O–H groups in total. The van der Waals surface area contributed by atoms with Crippen LogP contribution < -0.4 is 0 Å². The summed E-state index contributed by atoms with van der Waals surface area (Å²) >= 11 is 0. The van der Waals surface area contributed by atoms with E-state index in [9.17, 15) is 9.59 Å². The minimum atomic E-state index is -0.642. The van der Waals surface area contributed by atoms with Gasteiger partial charge in [0.2, 0.25) is 6.10 Å². The van der Waals surface area contributed by atoms with Crippen LogP contribution in [-0.2, 0) is 19.1 Å². The minimum Gasteiger partial charge on any atom is -0.463 e. The summed E-state index contributed by atoms with van der Waals surface area (Å²) in [6.45, 7) is 4.44. The monoisotopic (exact) mass is 186 g/mol. The second-order valence-corrected chi connectivity index (χ2v) is 3.33. The molecule has 4 heteroatoms. The topological polar surface area (TPSA) is 52.6 Å². The Kier molecular flexibility index (Phi) is 3.28. The van der Waals surface area contributed by atoms with Crippen LogP contribution >= 0.6 is 0 Å². The molecule has 0 aliphatic carbocycles. The quantitative estimate of drug-likeness (QED) is 0.612. The second-order valence-electron chi connectivity index (χ2n) is 3.33. The maximum Gasteiger partial charge on any atom is 0.348 e. The van der Waals surface area contributed by atoms with E-state index >= 15 is 0 Å². The van der Waals surface area contributed by atoms with Crippen molar-refractivity contribution in [3.8, 4) is 0 Å². The average Bonchev–Trinajstić information content (AvgIpc) is 2.08. The molecular weight excluding hydrogens is 172 g/mol. The Morgan fingerprint density at radius 3 is 2.85 bits per heavy atom. The average molecular weight is 186 g/mol. The fourth-order valence-electron chi connectivity index (χ4n) is 0.867. The number of carbonyl (C=O) groups excluding carboxylic acids is 2. The molecule has 1 aliphatic rings. The molecule has 2 atom stereocenters. The molecule has 1 rings (SSSR count).